The second kappa shape index (κ2) is 7.19. The van der Waals surface area contributed by atoms with Crippen LogP contribution in [0.15, 0.2) is 28.9 Å². The Kier molecular flexibility index (Phi) is 4.99. The van der Waals surface area contributed by atoms with Crippen LogP contribution >= 0.6 is 15.9 Å². The van der Waals surface area contributed by atoms with Crippen molar-refractivity contribution in [1.29, 1.82) is 5.26 Å². The van der Waals surface area contributed by atoms with E-state index < -0.39 is 12.3 Å². The molecule has 2 heterocycles. The van der Waals surface area contributed by atoms with E-state index in [4.69, 9.17) is 10.00 Å². The highest BCUT2D eigenvalue weighted by molar-refractivity contribution is 9.10. The second-order valence-electron chi connectivity index (χ2n) is 5.74. The molecule has 1 aromatic carbocycles. The fraction of sp³-hybridized carbons (Fsp3) is 0.375. The number of amides is 1. The maximum Gasteiger partial charge on any atom is 0.276 e. The first kappa shape index (κ1) is 17.4. The van der Waals surface area contributed by atoms with Gasteiger partial charge in [0.1, 0.15) is 17.9 Å². The van der Waals surface area contributed by atoms with Crippen LogP contribution in [0.2, 0.25) is 0 Å². The number of nitriles is 1. The van der Waals surface area contributed by atoms with Crippen LogP contribution in [0.1, 0.15) is 22.5 Å². The molecular formula is C16H15BrFN5O2. The highest BCUT2D eigenvalue weighted by Crippen LogP contribution is 2.27. The molecule has 2 atom stereocenters. The minimum atomic E-state index is -1.36. The zero-order valence-electron chi connectivity index (χ0n) is 13.4. The van der Waals surface area contributed by atoms with E-state index in [1.165, 1.54) is 15.8 Å². The summed E-state index contributed by atoms with van der Waals surface area (Å²) in [7, 11) is 1.66. The number of aromatic nitrogens is 3. The van der Waals surface area contributed by atoms with Crippen LogP contribution in [-0.2, 0) is 7.05 Å². The van der Waals surface area contributed by atoms with Crippen LogP contribution in [0.3, 0.4) is 0 Å². The first-order valence-corrected chi connectivity index (χ1v) is 8.43. The van der Waals surface area contributed by atoms with E-state index >= 15 is 0 Å². The molecule has 1 amide bonds. The maximum absolute atomic E-state index is 14.5. The summed E-state index contributed by atoms with van der Waals surface area (Å²) < 4.78 is 22.4. The minimum absolute atomic E-state index is 0.0848. The molecule has 0 aliphatic carbocycles. The third kappa shape index (κ3) is 3.79. The number of alkyl halides is 1. The molecule has 0 saturated carbocycles. The monoisotopic (exact) mass is 407 g/mol. The summed E-state index contributed by atoms with van der Waals surface area (Å²) in [6, 6.07) is 7.02. The summed E-state index contributed by atoms with van der Waals surface area (Å²) in [6.07, 6.45) is -0.239. The lowest BCUT2D eigenvalue weighted by Crippen LogP contribution is -2.49. The van der Waals surface area contributed by atoms with Gasteiger partial charge in [-0.2, -0.15) is 5.26 Å². The number of aryl methyl sites for hydroxylation is 1. The van der Waals surface area contributed by atoms with Crippen LogP contribution in [0.4, 0.5) is 4.39 Å². The molecule has 1 aliphatic rings. The lowest BCUT2D eigenvalue weighted by molar-refractivity contribution is 0.0198. The molecule has 1 aliphatic heterocycles. The second-order valence-corrected chi connectivity index (χ2v) is 6.66. The Morgan fingerprint density at radius 2 is 2.32 bits per heavy atom. The van der Waals surface area contributed by atoms with Gasteiger partial charge >= 0.3 is 0 Å². The third-order valence-electron chi connectivity index (χ3n) is 3.93. The van der Waals surface area contributed by atoms with Crippen molar-refractivity contribution >= 4 is 21.8 Å². The van der Waals surface area contributed by atoms with Gasteiger partial charge in [0.05, 0.1) is 18.3 Å². The number of benzene rings is 1. The number of carbonyl (C=O) groups excluding carboxylic acids is 1. The summed E-state index contributed by atoms with van der Waals surface area (Å²) >= 11 is 3.28. The fourth-order valence-corrected chi connectivity index (χ4v) is 3.02. The smallest absolute Gasteiger partial charge is 0.276 e. The van der Waals surface area contributed by atoms with Crippen molar-refractivity contribution in [1.82, 2.24) is 19.9 Å². The lowest BCUT2D eigenvalue weighted by Gasteiger charge is -2.34. The molecule has 2 aromatic rings. The molecule has 1 saturated heterocycles. The van der Waals surface area contributed by atoms with Gasteiger partial charge in [-0.3, -0.25) is 9.48 Å². The zero-order chi connectivity index (χ0) is 18.0. The van der Waals surface area contributed by atoms with Crippen LogP contribution in [-0.4, -0.2) is 51.2 Å². The molecule has 1 unspecified atom stereocenters. The van der Waals surface area contributed by atoms with Crippen molar-refractivity contribution < 1.29 is 13.9 Å². The number of halogens is 2. The van der Waals surface area contributed by atoms with Crippen LogP contribution in [0.25, 0.3) is 0 Å². The van der Waals surface area contributed by atoms with Crippen LogP contribution in [0, 0.1) is 11.3 Å². The highest BCUT2D eigenvalue weighted by Gasteiger charge is 2.34. The van der Waals surface area contributed by atoms with E-state index in [0.29, 0.717) is 24.3 Å². The molecular weight excluding hydrogens is 393 g/mol. The Labute approximate surface area is 152 Å². The highest BCUT2D eigenvalue weighted by atomic mass is 79.9. The molecule has 0 N–H and O–H groups in total. The van der Waals surface area contributed by atoms with E-state index in [1.54, 1.807) is 25.2 Å². The largest absolute Gasteiger partial charge is 0.486 e. The topological polar surface area (TPSA) is 84.0 Å². The standard InChI is InChI=1S/C16H15BrFN5O2/c1-22-9-13(20-21-22)16(24)23-5-4-15(12(18)8-23)25-14-3-2-11(17)6-10(14)7-19/h2-3,6,9,12,15H,4-5,8H2,1H3/t12-,15?/m0/s1. The van der Waals surface area contributed by atoms with Gasteiger partial charge in [-0.25, -0.2) is 4.39 Å². The van der Waals surface area contributed by atoms with E-state index in [9.17, 15) is 9.18 Å². The first-order chi connectivity index (χ1) is 12.0. The van der Waals surface area contributed by atoms with Crippen molar-refractivity contribution in [2.45, 2.75) is 18.7 Å². The summed E-state index contributed by atoms with van der Waals surface area (Å²) in [5.74, 6) is -0.0115. The van der Waals surface area contributed by atoms with Gasteiger partial charge < -0.3 is 9.64 Å². The van der Waals surface area contributed by atoms with Crippen molar-refractivity contribution in [3.63, 3.8) is 0 Å². The molecule has 9 heteroatoms. The quantitative estimate of drug-likeness (QED) is 0.777. The molecule has 7 nitrogen and oxygen atoms in total. The Morgan fingerprint density at radius 1 is 1.52 bits per heavy atom. The molecule has 25 heavy (non-hydrogen) atoms. The first-order valence-electron chi connectivity index (χ1n) is 7.64. The Balaban J connectivity index is 1.66. The summed E-state index contributed by atoms with van der Waals surface area (Å²) in [5.41, 5.74) is 0.522. The molecule has 0 radical (unpaired) electrons. The SMILES string of the molecule is Cn1cc(C(=O)N2CCC(Oc3ccc(Br)cc3C#N)[C@@H](F)C2)nn1. The number of carbonyl (C=O) groups is 1. The van der Waals surface area contributed by atoms with Crippen molar-refractivity contribution in [2.24, 2.45) is 7.05 Å². The molecule has 3 rings (SSSR count). The fourth-order valence-electron chi connectivity index (χ4n) is 2.66. The Morgan fingerprint density at radius 3 is 2.96 bits per heavy atom. The molecule has 0 bridgehead atoms. The van der Waals surface area contributed by atoms with Gasteiger partial charge in [-0.1, -0.05) is 21.1 Å². The van der Waals surface area contributed by atoms with Crippen LogP contribution < -0.4 is 4.74 Å². The number of hydrogen-bond acceptors (Lipinski definition) is 5. The molecule has 130 valence electrons. The predicted octanol–water partition coefficient (Wildman–Crippen LogP) is 2.08. The molecule has 1 fully saturated rings. The predicted molar refractivity (Wildman–Crippen MR) is 89.7 cm³/mol. The van der Waals surface area contributed by atoms with E-state index in [1.807, 2.05) is 6.07 Å². The van der Waals surface area contributed by atoms with Crippen LogP contribution in [0.5, 0.6) is 5.75 Å². The Hall–Kier alpha value is -2.47. The third-order valence-corrected chi connectivity index (χ3v) is 4.42. The van der Waals surface area contributed by atoms with Gasteiger partial charge in [-0.15, -0.1) is 5.10 Å². The number of ether oxygens (including phenoxy) is 1. The van der Waals surface area contributed by atoms with Crippen molar-refractivity contribution in [3.05, 3.63) is 40.1 Å². The van der Waals surface area contributed by atoms with Gasteiger partial charge in [-0.05, 0) is 18.2 Å². The van der Waals surface area contributed by atoms with Gasteiger partial charge in [0.15, 0.2) is 11.9 Å². The van der Waals surface area contributed by atoms with E-state index in [-0.39, 0.29) is 18.1 Å². The number of rotatable bonds is 3. The van der Waals surface area contributed by atoms with Crippen molar-refractivity contribution in [2.75, 3.05) is 13.1 Å². The van der Waals surface area contributed by atoms with Gasteiger partial charge in [0.25, 0.3) is 5.91 Å². The number of hydrogen-bond donors (Lipinski definition) is 0. The normalized spacial score (nSPS) is 20.2. The number of nitrogens with zero attached hydrogens (tertiary/aromatic N) is 5. The lowest BCUT2D eigenvalue weighted by atomic mass is 10.1. The summed E-state index contributed by atoms with van der Waals surface area (Å²) in [4.78, 5) is 13.7. The number of likely N-dealkylation sites (tertiary alicyclic amines) is 1. The average molecular weight is 408 g/mol. The van der Waals surface area contributed by atoms with E-state index in [2.05, 4.69) is 26.2 Å². The summed E-state index contributed by atoms with van der Waals surface area (Å²) in [5, 5.41) is 16.6. The Bertz CT molecular complexity index is 834. The van der Waals surface area contributed by atoms with E-state index in [0.717, 1.165) is 4.47 Å². The van der Waals surface area contributed by atoms with Gasteiger partial charge in [0, 0.05) is 24.5 Å². The molecule has 1 aromatic heterocycles. The number of piperidine rings is 1. The van der Waals surface area contributed by atoms with Gasteiger partial charge in [0.2, 0.25) is 0 Å². The maximum atomic E-state index is 14.5. The van der Waals surface area contributed by atoms with Crippen molar-refractivity contribution in [3.8, 4) is 11.8 Å². The zero-order valence-corrected chi connectivity index (χ0v) is 15.0. The molecule has 0 spiro atoms. The summed E-state index contributed by atoms with van der Waals surface area (Å²) in [6.45, 7) is 0.261. The minimum Gasteiger partial charge on any atom is -0.486 e. The average Bonchev–Trinajstić information content (AvgIpc) is 3.03.